The Morgan fingerprint density at radius 2 is 1.50 bits per heavy atom. The fraction of sp³-hybridized carbons (Fsp3) is 0. The summed E-state index contributed by atoms with van der Waals surface area (Å²) in [6.45, 7) is 0. The van der Waals surface area contributed by atoms with Gasteiger partial charge < -0.3 is 10.2 Å². The average Bonchev–Trinajstić information content (AvgIpc) is 1.84. The largest absolute Gasteiger partial charge is 0.478 e. The van der Waals surface area contributed by atoms with E-state index in [0.717, 1.165) is 0 Å². The fourth-order valence-electron chi connectivity index (χ4n) is 0.107. The maximum absolute atomic E-state index is 9.82. The number of carboxylic acids is 2. The van der Waals surface area contributed by atoms with Gasteiger partial charge in [0.05, 0.1) is 2.74 Å². The van der Waals surface area contributed by atoms with E-state index < -0.39 is 24.0 Å². The van der Waals surface area contributed by atoms with Crippen molar-refractivity contribution in [1.82, 2.24) is 0 Å². The highest BCUT2D eigenvalue weighted by Crippen LogP contribution is 1.70. The van der Waals surface area contributed by atoms with Gasteiger partial charge in [-0.25, -0.2) is 9.59 Å². The van der Waals surface area contributed by atoms with Crippen molar-refractivity contribution in [3.8, 4) is 0 Å². The molecule has 0 heterocycles. The predicted octanol–water partition coefficient (Wildman–Crippen LogP) is -0.288. The number of hydrogen-bond donors (Lipinski definition) is 2. The highest BCUT2D eigenvalue weighted by Gasteiger charge is 1.88. The molecule has 4 heteroatoms. The molecular formula is C4H4O4. The zero-order valence-electron chi connectivity index (χ0n) is 5.71. The van der Waals surface area contributed by atoms with Crippen LogP contribution in [0.5, 0.6) is 0 Å². The summed E-state index contributed by atoms with van der Waals surface area (Å²) in [5.74, 6) is -3.43. The van der Waals surface area contributed by atoms with E-state index in [0.29, 0.717) is 0 Å². The standard InChI is InChI=1S/C4H4O4/c5-3(6)1-2-4(7)8/h1-2H,(H,5,6)(H,7,8)/b2-1+/i1D,2D,3+1,4+1. The van der Waals surface area contributed by atoms with Crippen molar-refractivity contribution in [3.05, 3.63) is 12.1 Å². The molecule has 0 amide bonds. The van der Waals surface area contributed by atoms with Crippen LogP contribution in [0.15, 0.2) is 12.1 Å². The molecule has 0 bridgehead atoms. The van der Waals surface area contributed by atoms with Crippen LogP contribution in [0.2, 0.25) is 0 Å². The van der Waals surface area contributed by atoms with Gasteiger partial charge in [-0.1, -0.05) is 0 Å². The third-order valence-corrected chi connectivity index (χ3v) is 0.276. The molecule has 0 aliphatic heterocycles. The SMILES string of the molecule is [2H]/C(=C(/[2H])[13C](=O)O)[13C](=O)O. The lowest BCUT2D eigenvalue weighted by Crippen LogP contribution is -1.91. The third-order valence-electron chi connectivity index (χ3n) is 0.276. The first-order valence-corrected chi connectivity index (χ1v) is 1.61. The minimum atomic E-state index is -1.72. The molecule has 2 N–H and O–H groups in total. The lowest BCUT2D eigenvalue weighted by atomic mass is 10.8. The molecule has 0 aromatic carbocycles. The van der Waals surface area contributed by atoms with E-state index in [1.807, 2.05) is 0 Å². The molecule has 44 valence electrons. The van der Waals surface area contributed by atoms with Crippen LogP contribution in [-0.2, 0) is 9.59 Å². The monoisotopic (exact) mass is 120 g/mol. The summed E-state index contributed by atoms with van der Waals surface area (Å²) in [5, 5.41) is 15.9. The maximum Gasteiger partial charge on any atom is 0.328 e. The highest BCUT2D eigenvalue weighted by molar-refractivity contribution is 5.89. The summed E-state index contributed by atoms with van der Waals surface area (Å²) < 4.78 is 12.9. The van der Waals surface area contributed by atoms with Crippen LogP contribution in [0, 0.1) is 0 Å². The number of aliphatic carboxylic acids is 2. The lowest BCUT2D eigenvalue weighted by molar-refractivity contribution is -0.134. The van der Waals surface area contributed by atoms with E-state index >= 15 is 0 Å². The quantitative estimate of drug-likeness (QED) is 0.388. The van der Waals surface area contributed by atoms with Crippen LogP contribution in [0.25, 0.3) is 0 Å². The molecule has 0 rings (SSSR count). The summed E-state index contributed by atoms with van der Waals surface area (Å²) in [6, 6.07) is -2.43. The average molecular weight is 120 g/mol. The van der Waals surface area contributed by atoms with Crippen molar-refractivity contribution in [3.63, 3.8) is 0 Å². The number of hydrogen-bond acceptors (Lipinski definition) is 2. The van der Waals surface area contributed by atoms with E-state index in [2.05, 4.69) is 0 Å². The second-order valence-electron chi connectivity index (χ2n) is 0.860. The second kappa shape index (κ2) is 2.79. The van der Waals surface area contributed by atoms with Gasteiger partial charge in [0, 0.05) is 12.1 Å². The fourth-order valence-corrected chi connectivity index (χ4v) is 0.107. The van der Waals surface area contributed by atoms with Crippen molar-refractivity contribution in [2.24, 2.45) is 0 Å². The first kappa shape index (κ1) is 3.65. The molecule has 0 saturated heterocycles. The van der Waals surface area contributed by atoms with Crippen LogP contribution >= 0.6 is 0 Å². The Bertz CT molecular complexity index is 185. The van der Waals surface area contributed by atoms with Crippen LogP contribution in [-0.4, -0.2) is 22.2 Å². The van der Waals surface area contributed by atoms with Crippen molar-refractivity contribution in [1.29, 1.82) is 0 Å². The molecule has 0 spiro atoms. The minimum Gasteiger partial charge on any atom is -0.478 e. The summed E-state index contributed by atoms with van der Waals surface area (Å²) >= 11 is 0. The van der Waals surface area contributed by atoms with Gasteiger partial charge >= 0.3 is 11.9 Å². The van der Waals surface area contributed by atoms with Gasteiger partial charge in [-0.3, -0.25) is 0 Å². The number of carbonyl (C=O) groups is 2. The van der Waals surface area contributed by atoms with Gasteiger partial charge in [-0.15, -0.1) is 0 Å². The molecule has 0 radical (unpaired) electrons. The Kier molecular flexibility index (Phi) is 1.27. The van der Waals surface area contributed by atoms with Gasteiger partial charge in [0.25, 0.3) is 0 Å². The zero-order chi connectivity index (χ0) is 8.31. The van der Waals surface area contributed by atoms with E-state index in [9.17, 15) is 9.59 Å². The van der Waals surface area contributed by atoms with E-state index in [1.54, 1.807) is 0 Å². The normalized spacial score (nSPS) is 15.5. The smallest absolute Gasteiger partial charge is 0.328 e. The van der Waals surface area contributed by atoms with Crippen molar-refractivity contribution < 1.29 is 22.5 Å². The van der Waals surface area contributed by atoms with Gasteiger partial charge in [0.1, 0.15) is 0 Å². The van der Waals surface area contributed by atoms with Crippen molar-refractivity contribution >= 4 is 11.9 Å². The summed E-state index contributed by atoms with van der Waals surface area (Å²) in [6.07, 6.45) is 0. The van der Waals surface area contributed by atoms with Crippen molar-refractivity contribution in [2.75, 3.05) is 0 Å². The Morgan fingerprint density at radius 1 is 1.25 bits per heavy atom. The van der Waals surface area contributed by atoms with E-state index in [-0.39, 0.29) is 0 Å². The molecule has 0 fully saturated rings. The first-order valence-electron chi connectivity index (χ1n) is 2.61. The molecular weight excluding hydrogens is 114 g/mol. The van der Waals surface area contributed by atoms with Crippen LogP contribution < -0.4 is 0 Å². The van der Waals surface area contributed by atoms with Crippen LogP contribution in [0.1, 0.15) is 2.74 Å². The molecule has 0 unspecified atom stereocenters. The molecule has 0 aromatic heterocycles. The van der Waals surface area contributed by atoms with Crippen molar-refractivity contribution in [2.45, 2.75) is 0 Å². The molecule has 0 aliphatic carbocycles. The van der Waals surface area contributed by atoms with Gasteiger partial charge in [-0.2, -0.15) is 0 Å². The summed E-state index contributed by atoms with van der Waals surface area (Å²) in [5.41, 5.74) is 0. The van der Waals surface area contributed by atoms with Gasteiger partial charge in [0.2, 0.25) is 0 Å². The lowest BCUT2D eigenvalue weighted by Gasteiger charge is -1.74. The number of carboxylic acid groups (broad SMARTS) is 2. The van der Waals surface area contributed by atoms with E-state index in [4.69, 9.17) is 13.0 Å². The molecule has 4 nitrogen and oxygen atoms in total. The van der Waals surface area contributed by atoms with Gasteiger partial charge in [-0.05, 0) is 0 Å². The second-order valence-corrected chi connectivity index (χ2v) is 0.860. The third kappa shape index (κ3) is 4.68. The summed E-state index contributed by atoms with van der Waals surface area (Å²) in [4.78, 5) is 19.6. The van der Waals surface area contributed by atoms with Crippen LogP contribution in [0.3, 0.4) is 0 Å². The Hall–Kier alpha value is -1.32. The zero-order valence-corrected chi connectivity index (χ0v) is 3.71. The van der Waals surface area contributed by atoms with Crippen LogP contribution in [0.4, 0.5) is 0 Å². The molecule has 0 saturated carbocycles. The van der Waals surface area contributed by atoms with Gasteiger partial charge in [0.15, 0.2) is 0 Å². The first-order chi connectivity index (χ1) is 4.46. The summed E-state index contributed by atoms with van der Waals surface area (Å²) in [7, 11) is 0. The Labute approximate surface area is 47.9 Å². The number of rotatable bonds is 2. The Morgan fingerprint density at radius 3 is 1.62 bits per heavy atom. The molecule has 0 aromatic rings. The molecule has 8 heavy (non-hydrogen) atoms. The Balaban J connectivity index is 4.67. The molecule has 0 atom stereocenters. The predicted molar refractivity (Wildman–Crippen MR) is 24.4 cm³/mol. The maximum atomic E-state index is 9.82. The molecule has 0 aliphatic rings. The minimum absolute atomic E-state index is 1.22. The topological polar surface area (TPSA) is 74.6 Å². The highest BCUT2D eigenvalue weighted by atomic mass is 16.5. The van der Waals surface area contributed by atoms with E-state index in [1.165, 1.54) is 0 Å².